The van der Waals surface area contributed by atoms with E-state index in [9.17, 15) is 13.6 Å². The van der Waals surface area contributed by atoms with Gasteiger partial charge in [0.15, 0.2) is 17.4 Å². The summed E-state index contributed by atoms with van der Waals surface area (Å²) in [5.41, 5.74) is 1.92. The average Bonchev–Trinajstić information content (AvgIpc) is 3.22. The van der Waals surface area contributed by atoms with E-state index in [2.05, 4.69) is 4.98 Å². The van der Waals surface area contributed by atoms with Crippen molar-refractivity contribution < 1.29 is 23.0 Å². The molecular formula is C22H25F2NO3. The van der Waals surface area contributed by atoms with Crippen LogP contribution in [-0.2, 0) is 9.53 Å². The molecule has 0 atom stereocenters. The lowest BCUT2D eigenvalue weighted by Gasteiger charge is -2.12. The quantitative estimate of drug-likeness (QED) is 0.448. The molecule has 1 aliphatic carbocycles. The standard InChI is InChI=1S/C22H25F2NO3/c1-2-27-21(26)11-6-12-28-22-17(23)13-16(14-18(22)24)20-10-5-9-19(25-20)15-7-3-4-8-15/h5,9-10,13-15H,2-4,6-8,11-12H2,1H3. The zero-order valence-electron chi connectivity index (χ0n) is 16.0. The smallest absolute Gasteiger partial charge is 0.305 e. The average molecular weight is 389 g/mol. The van der Waals surface area contributed by atoms with Gasteiger partial charge in [0.05, 0.1) is 18.9 Å². The van der Waals surface area contributed by atoms with Crippen molar-refractivity contribution >= 4 is 5.97 Å². The number of carbonyl (C=O) groups is 1. The lowest BCUT2D eigenvalue weighted by molar-refractivity contribution is -0.143. The minimum absolute atomic E-state index is 0.0292. The summed E-state index contributed by atoms with van der Waals surface area (Å²) in [6.07, 6.45) is 5.08. The van der Waals surface area contributed by atoms with Crippen LogP contribution in [0.1, 0.15) is 57.1 Å². The summed E-state index contributed by atoms with van der Waals surface area (Å²) >= 11 is 0. The monoisotopic (exact) mass is 389 g/mol. The SMILES string of the molecule is CCOC(=O)CCCOc1c(F)cc(-c2cccc(C3CCCC3)n2)cc1F. The van der Waals surface area contributed by atoms with Gasteiger partial charge < -0.3 is 9.47 Å². The minimum Gasteiger partial charge on any atom is -0.488 e. The number of hydrogen-bond acceptors (Lipinski definition) is 4. The molecule has 4 nitrogen and oxygen atoms in total. The maximum atomic E-state index is 14.4. The summed E-state index contributed by atoms with van der Waals surface area (Å²) in [4.78, 5) is 15.9. The van der Waals surface area contributed by atoms with E-state index in [-0.39, 0.29) is 19.0 Å². The van der Waals surface area contributed by atoms with Gasteiger partial charge in [-0.1, -0.05) is 18.9 Å². The number of pyridine rings is 1. The highest BCUT2D eigenvalue weighted by atomic mass is 19.1. The molecule has 0 amide bonds. The van der Waals surface area contributed by atoms with E-state index in [0.29, 0.717) is 30.2 Å². The fraction of sp³-hybridized carbons (Fsp3) is 0.455. The van der Waals surface area contributed by atoms with Crippen LogP contribution in [0.5, 0.6) is 5.75 Å². The zero-order chi connectivity index (χ0) is 19.9. The van der Waals surface area contributed by atoms with Gasteiger partial charge in [0.25, 0.3) is 0 Å². The number of benzene rings is 1. The highest BCUT2D eigenvalue weighted by molar-refractivity contribution is 5.69. The maximum Gasteiger partial charge on any atom is 0.305 e. The van der Waals surface area contributed by atoms with E-state index in [1.165, 1.54) is 25.0 Å². The number of carbonyl (C=O) groups excluding carboxylic acids is 1. The minimum atomic E-state index is -0.779. The van der Waals surface area contributed by atoms with Crippen molar-refractivity contribution in [1.82, 2.24) is 4.98 Å². The Bertz CT molecular complexity index is 796. The van der Waals surface area contributed by atoms with Crippen LogP contribution < -0.4 is 4.74 Å². The first-order chi connectivity index (χ1) is 13.6. The maximum absolute atomic E-state index is 14.4. The Morgan fingerprint density at radius 3 is 2.57 bits per heavy atom. The molecule has 1 aromatic heterocycles. The van der Waals surface area contributed by atoms with Gasteiger partial charge in [-0.15, -0.1) is 0 Å². The van der Waals surface area contributed by atoms with Crippen LogP contribution in [0.2, 0.25) is 0 Å². The van der Waals surface area contributed by atoms with E-state index in [0.717, 1.165) is 18.5 Å². The van der Waals surface area contributed by atoms with E-state index in [1.807, 2.05) is 12.1 Å². The molecule has 150 valence electrons. The van der Waals surface area contributed by atoms with Gasteiger partial charge in [-0.25, -0.2) is 8.78 Å². The molecule has 0 radical (unpaired) electrons. The van der Waals surface area contributed by atoms with Gasteiger partial charge in [0.1, 0.15) is 0 Å². The van der Waals surface area contributed by atoms with Crippen molar-refractivity contribution in [2.45, 2.75) is 51.4 Å². The number of rotatable bonds is 8. The predicted molar refractivity (Wildman–Crippen MR) is 102 cm³/mol. The number of ether oxygens (including phenoxy) is 2. The number of nitrogens with zero attached hydrogens (tertiary/aromatic N) is 1. The summed E-state index contributed by atoms with van der Waals surface area (Å²) in [7, 11) is 0. The Morgan fingerprint density at radius 2 is 1.89 bits per heavy atom. The van der Waals surface area contributed by atoms with E-state index in [1.54, 1.807) is 13.0 Å². The molecule has 1 heterocycles. The number of aromatic nitrogens is 1. The second kappa shape index (κ2) is 9.62. The molecule has 0 bridgehead atoms. The molecular weight excluding hydrogens is 364 g/mol. The van der Waals surface area contributed by atoms with Gasteiger partial charge in [-0.05, 0) is 50.5 Å². The Morgan fingerprint density at radius 1 is 1.18 bits per heavy atom. The second-order valence-electron chi connectivity index (χ2n) is 6.96. The molecule has 0 N–H and O–H groups in total. The first-order valence-corrected chi connectivity index (χ1v) is 9.83. The highest BCUT2D eigenvalue weighted by Gasteiger charge is 2.19. The molecule has 0 aliphatic heterocycles. The summed E-state index contributed by atoms with van der Waals surface area (Å²) < 4.78 is 38.9. The van der Waals surface area contributed by atoms with E-state index in [4.69, 9.17) is 9.47 Å². The molecule has 0 unspecified atom stereocenters. The topological polar surface area (TPSA) is 48.4 Å². The zero-order valence-corrected chi connectivity index (χ0v) is 16.0. The molecule has 1 fully saturated rings. The highest BCUT2D eigenvalue weighted by Crippen LogP contribution is 2.34. The van der Waals surface area contributed by atoms with Crippen molar-refractivity contribution in [3.8, 4) is 17.0 Å². The van der Waals surface area contributed by atoms with Crippen molar-refractivity contribution in [2.75, 3.05) is 13.2 Å². The van der Waals surface area contributed by atoms with Crippen molar-refractivity contribution in [1.29, 1.82) is 0 Å². The number of esters is 1. The van der Waals surface area contributed by atoms with E-state index >= 15 is 0 Å². The van der Waals surface area contributed by atoms with Gasteiger partial charge in [0.2, 0.25) is 0 Å². The fourth-order valence-electron chi connectivity index (χ4n) is 3.53. The molecule has 2 aromatic rings. The van der Waals surface area contributed by atoms with Crippen molar-refractivity contribution in [3.63, 3.8) is 0 Å². The molecule has 1 saturated carbocycles. The summed E-state index contributed by atoms with van der Waals surface area (Å²) in [6, 6.07) is 8.10. The third kappa shape index (κ3) is 5.06. The first kappa shape index (κ1) is 20.2. The number of halogens is 2. The van der Waals surface area contributed by atoms with Crippen LogP contribution in [0.4, 0.5) is 8.78 Å². The molecule has 28 heavy (non-hydrogen) atoms. The summed E-state index contributed by atoms with van der Waals surface area (Å²) in [5, 5.41) is 0. The largest absolute Gasteiger partial charge is 0.488 e. The van der Waals surface area contributed by atoms with Gasteiger partial charge in [-0.2, -0.15) is 0 Å². The lowest BCUT2D eigenvalue weighted by Crippen LogP contribution is -2.08. The molecule has 1 aliphatic rings. The Hall–Kier alpha value is -2.50. The first-order valence-electron chi connectivity index (χ1n) is 9.83. The summed E-state index contributed by atoms with van der Waals surface area (Å²) in [6.45, 7) is 2.06. The predicted octanol–water partition coefficient (Wildman–Crippen LogP) is 5.41. The molecule has 6 heteroatoms. The normalized spacial score (nSPS) is 14.2. The fourth-order valence-corrected chi connectivity index (χ4v) is 3.53. The van der Waals surface area contributed by atoms with Gasteiger partial charge in [-0.3, -0.25) is 9.78 Å². The lowest BCUT2D eigenvalue weighted by atomic mass is 10.0. The van der Waals surface area contributed by atoms with Gasteiger partial charge >= 0.3 is 5.97 Å². The van der Waals surface area contributed by atoms with Crippen LogP contribution >= 0.6 is 0 Å². The van der Waals surface area contributed by atoms with Gasteiger partial charge in [0, 0.05) is 23.6 Å². The molecule has 1 aromatic carbocycles. The third-order valence-electron chi connectivity index (χ3n) is 4.92. The van der Waals surface area contributed by atoms with Crippen LogP contribution in [-0.4, -0.2) is 24.2 Å². The van der Waals surface area contributed by atoms with E-state index < -0.39 is 17.4 Å². The molecule has 0 spiro atoms. The van der Waals surface area contributed by atoms with Crippen LogP contribution in [0, 0.1) is 11.6 Å². The van der Waals surface area contributed by atoms with Crippen molar-refractivity contribution in [3.05, 3.63) is 47.7 Å². The number of hydrogen-bond donors (Lipinski definition) is 0. The third-order valence-corrected chi connectivity index (χ3v) is 4.92. The Labute approximate surface area is 163 Å². The Kier molecular flexibility index (Phi) is 6.95. The van der Waals surface area contributed by atoms with Crippen LogP contribution in [0.3, 0.4) is 0 Å². The molecule has 0 saturated heterocycles. The van der Waals surface area contributed by atoms with Crippen LogP contribution in [0.15, 0.2) is 30.3 Å². The summed E-state index contributed by atoms with van der Waals surface area (Å²) in [5.74, 6) is -1.91. The Balaban J connectivity index is 1.68. The van der Waals surface area contributed by atoms with Crippen molar-refractivity contribution in [2.24, 2.45) is 0 Å². The van der Waals surface area contributed by atoms with Crippen LogP contribution in [0.25, 0.3) is 11.3 Å². The molecule has 3 rings (SSSR count). The second-order valence-corrected chi connectivity index (χ2v) is 6.96.